The molecule has 4 heteroatoms. The van der Waals surface area contributed by atoms with E-state index in [1.807, 2.05) is 98.8 Å². The Bertz CT molecular complexity index is 842. The van der Waals surface area contributed by atoms with Crippen LogP contribution in [-0.2, 0) is 4.79 Å². The molecule has 1 amide bonds. The van der Waals surface area contributed by atoms with Crippen molar-refractivity contribution in [1.29, 1.82) is 0 Å². The Morgan fingerprint density at radius 1 is 0.857 bits per heavy atom. The van der Waals surface area contributed by atoms with E-state index in [1.165, 1.54) is 0 Å². The van der Waals surface area contributed by atoms with Crippen LogP contribution in [0, 0.1) is 0 Å². The quantitative estimate of drug-likeness (QED) is 0.596. The van der Waals surface area contributed by atoms with Crippen LogP contribution < -0.4 is 15.4 Å². The van der Waals surface area contributed by atoms with Crippen molar-refractivity contribution in [3.63, 3.8) is 0 Å². The second kappa shape index (κ2) is 9.60. The summed E-state index contributed by atoms with van der Waals surface area (Å²) in [6.07, 6.45) is 0. The smallest absolute Gasteiger partial charge is 0.242 e. The monoisotopic (exact) mass is 374 g/mol. The van der Waals surface area contributed by atoms with E-state index in [9.17, 15) is 4.79 Å². The number of nitrogens with one attached hydrogen (secondary N) is 2. The van der Waals surface area contributed by atoms with Crippen molar-refractivity contribution in [2.45, 2.75) is 25.9 Å². The Morgan fingerprint density at radius 2 is 1.39 bits per heavy atom. The third kappa shape index (κ3) is 4.92. The fourth-order valence-electron chi connectivity index (χ4n) is 3.08. The minimum atomic E-state index is -0.420. The van der Waals surface area contributed by atoms with Gasteiger partial charge in [-0.3, -0.25) is 4.79 Å². The number of hydrogen-bond acceptors (Lipinski definition) is 3. The van der Waals surface area contributed by atoms with E-state index in [0.29, 0.717) is 6.61 Å². The van der Waals surface area contributed by atoms with Crippen LogP contribution in [0.25, 0.3) is 0 Å². The number of ether oxygens (including phenoxy) is 1. The van der Waals surface area contributed by atoms with Gasteiger partial charge in [0.1, 0.15) is 11.8 Å². The number of rotatable bonds is 8. The third-order valence-electron chi connectivity index (χ3n) is 4.50. The van der Waals surface area contributed by atoms with Gasteiger partial charge in [0.15, 0.2) is 0 Å². The molecule has 0 heterocycles. The minimum Gasteiger partial charge on any atom is -0.492 e. The van der Waals surface area contributed by atoms with E-state index < -0.39 is 6.04 Å². The predicted molar refractivity (Wildman–Crippen MR) is 114 cm³/mol. The number of benzene rings is 3. The summed E-state index contributed by atoms with van der Waals surface area (Å²) in [6.45, 7) is 4.37. The first-order chi connectivity index (χ1) is 13.7. The molecule has 0 aromatic heterocycles. The lowest BCUT2D eigenvalue weighted by Gasteiger charge is -2.23. The summed E-state index contributed by atoms with van der Waals surface area (Å²) in [5.74, 6) is 0.663. The maximum atomic E-state index is 13.0. The first-order valence-corrected chi connectivity index (χ1v) is 9.57. The zero-order chi connectivity index (χ0) is 19.8. The summed E-state index contributed by atoms with van der Waals surface area (Å²) in [7, 11) is 0. The molecule has 0 aliphatic carbocycles. The summed E-state index contributed by atoms with van der Waals surface area (Å²) in [6, 6.07) is 27.0. The van der Waals surface area contributed by atoms with Gasteiger partial charge < -0.3 is 15.4 Å². The molecule has 0 saturated carbocycles. The highest BCUT2D eigenvalue weighted by Crippen LogP contribution is 2.25. The Hall–Kier alpha value is -3.27. The van der Waals surface area contributed by atoms with E-state index in [0.717, 1.165) is 22.6 Å². The summed E-state index contributed by atoms with van der Waals surface area (Å²) in [5, 5.41) is 6.45. The van der Waals surface area contributed by atoms with E-state index in [4.69, 9.17) is 4.74 Å². The van der Waals surface area contributed by atoms with Crippen molar-refractivity contribution in [2.24, 2.45) is 0 Å². The molecule has 3 aromatic carbocycles. The van der Waals surface area contributed by atoms with Crippen molar-refractivity contribution < 1.29 is 9.53 Å². The van der Waals surface area contributed by atoms with Gasteiger partial charge in [-0.25, -0.2) is 0 Å². The van der Waals surface area contributed by atoms with Crippen molar-refractivity contribution in [3.8, 4) is 5.75 Å². The maximum absolute atomic E-state index is 13.0. The lowest BCUT2D eigenvalue weighted by atomic mass is 9.98. The molecule has 3 aromatic rings. The molecule has 0 aliphatic rings. The molecule has 28 heavy (non-hydrogen) atoms. The molecule has 0 fully saturated rings. The topological polar surface area (TPSA) is 50.4 Å². The van der Waals surface area contributed by atoms with E-state index in [2.05, 4.69) is 10.6 Å². The fourth-order valence-corrected chi connectivity index (χ4v) is 3.08. The van der Waals surface area contributed by atoms with Gasteiger partial charge in [-0.2, -0.15) is 0 Å². The molecule has 0 bridgehead atoms. The van der Waals surface area contributed by atoms with E-state index in [-0.39, 0.29) is 11.9 Å². The van der Waals surface area contributed by atoms with Crippen LogP contribution in [0.2, 0.25) is 0 Å². The number of carbonyl (C=O) groups excluding carboxylic acids is 1. The average Bonchev–Trinajstić information content (AvgIpc) is 2.74. The van der Waals surface area contributed by atoms with Gasteiger partial charge >= 0.3 is 0 Å². The van der Waals surface area contributed by atoms with Crippen LogP contribution in [0.5, 0.6) is 5.75 Å². The third-order valence-corrected chi connectivity index (χ3v) is 4.50. The molecule has 0 radical (unpaired) electrons. The molecule has 3 rings (SSSR count). The summed E-state index contributed by atoms with van der Waals surface area (Å²) in [5.41, 5.74) is 2.90. The van der Waals surface area contributed by atoms with Crippen LogP contribution in [0.4, 0.5) is 5.69 Å². The van der Waals surface area contributed by atoms with E-state index in [1.54, 1.807) is 0 Å². The lowest BCUT2D eigenvalue weighted by molar-refractivity contribution is -0.122. The second-order valence-corrected chi connectivity index (χ2v) is 6.56. The number of carbonyl (C=O) groups is 1. The highest BCUT2D eigenvalue weighted by molar-refractivity contribution is 5.85. The van der Waals surface area contributed by atoms with Crippen molar-refractivity contribution in [2.75, 3.05) is 11.9 Å². The van der Waals surface area contributed by atoms with Crippen LogP contribution in [0.15, 0.2) is 84.9 Å². The average molecular weight is 374 g/mol. The molecule has 4 nitrogen and oxygen atoms in total. The van der Waals surface area contributed by atoms with Crippen LogP contribution >= 0.6 is 0 Å². The predicted octanol–water partition coefficient (Wildman–Crippen LogP) is 4.79. The Balaban J connectivity index is 1.77. The first kappa shape index (κ1) is 19.5. The normalized spacial score (nSPS) is 11.7. The van der Waals surface area contributed by atoms with Gasteiger partial charge in [0.05, 0.1) is 18.3 Å². The van der Waals surface area contributed by atoms with Crippen molar-refractivity contribution >= 4 is 11.6 Å². The molecule has 2 N–H and O–H groups in total. The van der Waals surface area contributed by atoms with Crippen molar-refractivity contribution in [1.82, 2.24) is 5.32 Å². The maximum Gasteiger partial charge on any atom is 0.242 e. The highest BCUT2D eigenvalue weighted by Gasteiger charge is 2.21. The molecular weight excluding hydrogens is 348 g/mol. The highest BCUT2D eigenvalue weighted by atomic mass is 16.5. The number of hydrogen-bond donors (Lipinski definition) is 2. The SMILES string of the molecule is CCOc1ccccc1NC(C)C(=O)NC(c1ccccc1)c1ccccc1. The molecule has 0 spiro atoms. The lowest BCUT2D eigenvalue weighted by Crippen LogP contribution is -2.40. The van der Waals surface area contributed by atoms with Crippen LogP contribution in [0.3, 0.4) is 0 Å². The first-order valence-electron chi connectivity index (χ1n) is 9.57. The minimum absolute atomic E-state index is 0.0796. The molecule has 0 aliphatic heterocycles. The standard InChI is InChI=1S/C24H26N2O2/c1-3-28-22-17-11-10-16-21(22)25-18(2)24(27)26-23(19-12-6-4-7-13-19)20-14-8-5-9-15-20/h4-18,23,25H,3H2,1-2H3,(H,26,27). The molecule has 144 valence electrons. The van der Waals surface area contributed by atoms with Gasteiger partial charge in [-0.15, -0.1) is 0 Å². The number of para-hydroxylation sites is 2. The summed E-state index contributed by atoms with van der Waals surface area (Å²) < 4.78 is 5.64. The zero-order valence-corrected chi connectivity index (χ0v) is 16.3. The van der Waals surface area contributed by atoms with E-state index >= 15 is 0 Å². The summed E-state index contributed by atoms with van der Waals surface area (Å²) >= 11 is 0. The zero-order valence-electron chi connectivity index (χ0n) is 16.3. The van der Waals surface area contributed by atoms with Crippen molar-refractivity contribution in [3.05, 3.63) is 96.1 Å². The van der Waals surface area contributed by atoms with Crippen LogP contribution in [0.1, 0.15) is 31.0 Å². The van der Waals surface area contributed by atoms with Gasteiger partial charge in [-0.05, 0) is 37.1 Å². The molecule has 0 saturated heterocycles. The second-order valence-electron chi connectivity index (χ2n) is 6.56. The molecule has 1 unspecified atom stereocenters. The Morgan fingerprint density at radius 3 is 1.96 bits per heavy atom. The molecule has 1 atom stereocenters. The largest absolute Gasteiger partial charge is 0.492 e. The fraction of sp³-hybridized carbons (Fsp3) is 0.208. The van der Waals surface area contributed by atoms with Gasteiger partial charge in [0.25, 0.3) is 0 Å². The van der Waals surface area contributed by atoms with Gasteiger partial charge in [0, 0.05) is 0 Å². The van der Waals surface area contributed by atoms with Gasteiger partial charge in [-0.1, -0.05) is 72.8 Å². The molecular formula is C24H26N2O2. The number of amides is 1. The number of anilines is 1. The van der Waals surface area contributed by atoms with Crippen LogP contribution in [-0.4, -0.2) is 18.6 Å². The van der Waals surface area contributed by atoms with Gasteiger partial charge in [0.2, 0.25) is 5.91 Å². The Labute approximate surface area is 166 Å². The summed E-state index contributed by atoms with van der Waals surface area (Å²) in [4.78, 5) is 13.0. The Kier molecular flexibility index (Phi) is 6.68.